The number of benzene rings is 2. The molecule has 2 atom stereocenters. The molecule has 0 bridgehead atoms. The summed E-state index contributed by atoms with van der Waals surface area (Å²) in [5.41, 5.74) is 3.68. The van der Waals surface area contributed by atoms with Gasteiger partial charge < -0.3 is 18.9 Å². The molecule has 0 aliphatic rings. The standard InChI is InChI=1S/C24H32O5/c1-7-16(2)20-11-12-22(21(15-20)24(25)26-6)29-19(5)27-13-14-28-23-17(3)9-8-10-18(23)4/h8-12,15-16,19H,7,13-14H2,1-6H3. The monoisotopic (exact) mass is 400 g/mol. The third-order valence-corrected chi connectivity index (χ3v) is 4.97. The summed E-state index contributed by atoms with van der Waals surface area (Å²) < 4.78 is 22.3. The number of hydrogen-bond acceptors (Lipinski definition) is 5. The third-order valence-electron chi connectivity index (χ3n) is 4.97. The van der Waals surface area contributed by atoms with Crippen LogP contribution in [0.1, 0.15) is 60.2 Å². The summed E-state index contributed by atoms with van der Waals surface area (Å²) in [5.74, 6) is 1.27. The number of esters is 1. The minimum absolute atomic E-state index is 0.350. The molecule has 0 radical (unpaired) electrons. The van der Waals surface area contributed by atoms with Crippen molar-refractivity contribution >= 4 is 5.97 Å². The number of carbonyl (C=O) groups is 1. The van der Waals surface area contributed by atoms with E-state index >= 15 is 0 Å². The number of methoxy groups -OCH3 is 1. The molecule has 0 heterocycles. The summed E-state index contributed by atoms with van der Waals surface area (Å²) in [6, 6.07) is 11.7. The van der Waals surface area contributed by atoms with Gasteiger partial charge in [-0.1, -0.05) is 38.1 Å². The van der Waals surface area contributed by atoms with Crippen LogP contribution in [0, 0.1) is 13.8 Å². The quantitative estimate of drug-likeness (QED) is 0.303. The van der Waals surface area contributed by atoms with E-state index in [1.807, 2.05) is 44.2 Å². The highest BCUT2D eigenvalue weighted by Gasteiger charge is 2.18. The van der Waals surface area contributed by atoms with E-state index in [0.29, 0.717) is 30.4 Å². The topological polar surface area (TPSA) is 54.0 Å². The lowest BCUT2D eigenvalue weighted by molar-refractivity contribution is -0.0743. The van der Waals surface area contributed by atoms with Gasteiger partial charge in [0.25, 0.3) is 0 Å². The van der Waals surface area contributed by atoms with Gasteiger partial charge in [-0.2, -0.15) is 0 Å². The zero-order chi connectivity index (χ0) is 21.4. The highest BCUT2D eigenvalue weighted by atomic mass is 16.7. The fourth-order valence-electron chi connectivity index (χ4n) is 3.06. The Balaban J connectivity index is 1.95. The van der Waals surface area contributed by atoms with Gasteiger partial charge in [0.15, 0.2) is 6.29 Å². The Morgan fingerprint density at radius 3 is 2.34 bits per heavy atom. The number of aryl methyl sites for hydroxylation is 2. The molecule has 158 valence electrons. The summed E-state index contributed by atoms with van der Waals surface area (Å²) in [4.78, 5) is 12.2. The van der Waals surface area contributed by atoms with E-state index < -0.39 is 12.3 Å². The Morgan fingerprint density at radius 2 is 1.72 bits per heavy atom. The second kappa shape index (κ2) is 10.9. The summed E-state index contributed by atoms with van der Waals surface area (Å²) in [6.45, 7) is 10.9. The van der Waals surface area contributed by atoms with Crippen molar-refractivity contribution in [2.75, 3.05) is 20.3 Å². The van der Waals surface area contributed by atoms with Gasteiger partial charge in [-0.15, -0.1) is 0 Å². The van der Waals surface area contributed by atoms with Gasteiger partial charge in [-0.25, -0.2) is 4.79 Å². The van der Waals surface area contributed by atoms with Crippen LogP contribution in [-0.2, 0) is 9.47 Å². The van der Waals surface area contributed by atoms with Crippen LogP contribution in [0.5, 0.6) is 11.5 Å². The maximum atomic E-state index is 12.2. The van der Waals surface area contributed by atoms with Crippen molar-refractivity contribution in [3.8, 4) is 11.5 Å². The van der Waals surface area contributed by atoms with Crippen molar-refractivity contribution < 1.29 is 23.7 Å². The second-order valence-electron chi connectivity index (χ2n) is 7.18. The summed E-state index contributed by atoms with van der Waals surface area (Å²) in [7, 11) is 1.37. The number of hydrogen-bond donors (Lipinski definition) is 0. The number of ether oxygens (including phenoxy) is 4. The zero-order valence-electron chi connectivity index (χ0n) is 18.3. The van der Waals surface area contributed by atoms with E-state index in [1.165, 1.54) is 7.11 Å². The third kappa shape index (κ3) is 6.23. The minimum atomic E-state index is -0.533. The fraction of sp³-hybridized carbons (Fsp3) is 0.458. The van der Waals surface area contributed by atoms with Crippen molar-refractivity contribution in [1.82, 2.24) is 0 Å². The van der Waals surface area contributed by atoms with E-state index in [1.54, 1.807) is 13.0 Å². The lowest BCUT2D eigenvalue weighted by atomic mass is 9.96. The number of carbonyl (C=O) groups excluding carboxylic acids is 1. The normalized spacial score (nSPS) is 12.9. The molecule has 0 amide bonds. The molecule has 2 aromatic rings. The van der Waals surface area contributed by atoms with Crippen LogP contribution >= 0.6 is 0 Å². The molecular weight excluding hydrogens is 368 g/mol. The predicted octanol–water partition coefficient (Wildman–Crippen LogP) is 5.42. The molecule has 0 aliphatic heterocycles. The van der Waals surface area contributed by atoms with Crippen LogP contribution in [0.25, 0.3) is 0 Å². The predicted molar refractivity (Wildman–Crippen MR) is 114 cm³/mol. The van der Waals surface area contributed by atoms with Crippen LogP contribution in [0.15, 0.2) is 36.4 Å². The molecule has 2 unspecified atom stereocenters. The van der Waals surface area contributed by atoms with Gasteiger partial charge in [-0.05, 0) is 61.9 Å². The molecule has 2 rings (SSSR count). The fourth-order valence-corrected chi connectivity index (χ4v) is 3.06. The Hall–Kier alpha value is -2.53. The molecular formula is C24H32O5. The summed E-state index contributed by atoms with van der Waals surface area (Å²) in [6.07, 6.45) is 0.454. The van der Waals surface area contributed by atoms with Crippen LogP contribution < -0.4 is 9.47 Å². The molecule has 0 spiro atoms. The second-order valence-corrected chi connectivity index (χ2v) is 7.18. The van der Waals surface area contributed by atoms with Gasteiger partial charge in [0.05, 0.1) is 13.7 Å². The molecule has 0 fully saturated rings. The maximum absolute atomic E-state index is 12.2. The molecule has 0 saturated carbocycles. The van der Waals surface area contributed by atoms with Crippen LogP contribution in [-0.4, -0.2) is 32.6 Å². The van der Waals surface area contributed by atoms with Crippen molar-refractivity contribution in [3.63, 3.8) is 0 Å². The molecule has 5 nitrogen and oxygen atoms in total. The first kappa shape index (κ1) is 22.8. The molecule has 29 heavy (non-hydrogen) atoms. The summed E-state index contributed by atoms with van der Waals surface area (Å²) >= 11 is 0. The lowest BCUT2D eigenvalue weighted by Crippen LogP contribution is -2.21. The molecule has 5 heteroatoms. The van der Waals surface area contributed by atoms with E-state index in [2.05, 4.69) is 13.8 Å². The first-order valence-corrected chi connectivity index (χ1v) is 10.1. The van der Waals surface area contributed by atoms with Crippen molar-refractivity contribution in [1.29, 1.82) is 0 Å². The van der Waals surface area contributed by atoms with Gasteiger partial charge in [0, 0.05) is 0 Å². The van der Waals surface area contributed by atoms with Crippen LogP contribution in [0.4, 0.5) is 0 Å². The Kier molecular flexibility index (Phi) is 8.52. The van der Waals surface area contributed by atoms with Crippen molar-refractivity contribution in [3.05, 3.63) is 58.7 Å². The van der Waals surface area contributed by atoms with Crippen LogP contribution in [0.3, 0.4) is 0 Å². The van der Waals surface area contributed by atoms with Crippen molar-refractivity contribution in [2.45, 2.75) is 53.2 Å². The molecule has 0 saturated heterocycles. The first-order chi connectivity index (χ1) is 13.9. The van der Waals surface area contributed by atoms with Gasteiger partial charge in [-0.3, -0.25) is 0 Å². The van der Waals surface area contributed by atoms with Gasteiger partial charge in [0.1, 0.15) is 23.7 Å². The first-order valence-electron chi connectivity index (χ1n) is 10.1. The lowest BCUT2D eigenvalue weighted by Gasteiger charge is -2.19. The smallest absolute Gasteiger partial charge is 0.341 e. The summed E-state index contributed by atoms with van der Waals surface area (Å²) in [5, 5.41) is 0. The maximum Gasteiger partial charge on any atom is 0.341 e. The van der Waals surface area contributed by atoms with E-state index in [0.717, 1.165) is 28.9 Å². The number of para-hydroxylation sites is 1. The van der Waals surface area contributed by atoms with Crippen molar-refractivity contribution in [2.24, 2.45) is 0 Å². The Labute approximate surface area is 173 Å². The average molecular weight is 401 g/mol. The van der Waals surface area contributed by atoms with E-state index in [9.17, 15) is 4.79 Å². The molecule has 0 N–H and O–H groups in total. The van der Waals surface area contributed by atoms with Crippen LogP contribution in [0.2, 0.25) is 0 Å². The molecule has 0 aromatic heterocycles. The number of rotatable bonds is 10. The largest absolute Gasteiger partial charge is 0.491 e. The van der Waals surface area contributed by atoms with E-state index in [4.69, 9.17) is 18.9 Å². The van der Waals surface area contributed by atoms with Gasteiger partial charge in [0.2, 0.25) is 0 Å². The Morgan fingerprint density at radius 1 is 1.03 bits per heavy atom. The minimum Gasteiger partial charge on any atom is -0.491 e. The molecule has 2 aromatic carbocycles. The SMILES string of the molecule is CCC(C)c1ccc(OC(C)OCCOc2c(C)cccc2C)c(C(=O)OC)c1. The molecule has 0 aliphatic carbocycles. The highest BCUT2D eigenvalue weighted by Crippen LogP contribution is 2.27. The highest BCUT2D eigenvalue weighted by molar-refractivity contribution is 5.92. The van der Waals surface area contributed by atoms with Gasteiger partial charge >= 0.3 is 5.97 Å². The zero-order valence-corrected chi connectivity index (χ0v) is 18.3. The van der Waals surface area contributed by atoms with E-state index in [-0.39, 0.29) is 0 Å². The average Bonchev–Trinajstić information content (AvgIpc) is 2.72. The Bertz CT molecular complexity index is 795.